The van der Waals surface area contributed by atoms with Crippen molar-refractivity contribution in [2.24, 2.45) is 0 Å². The Bertz CT molecular complexity index is 1030. The maximum atomic E-state index is 13.3. The molecule has 0 fully saturated rings. The molecule has 0 radical (unpaired) electrons. The lowest BCUT2D eigenvalue weighted by atomic mass is 10.1. The van der Waals surface area contributed by atoms with Crippen molar-refractivity contribution in [3.05, 3.63) is 71.1 Å². The Labute approximate surface area is 153 Å². The zero-order valence-electron chi connectivity index (χ0n) is 13.3. The Hall–Kier alpha value is -2.50. The Morgan fingerprint density at radius 2 is 1.72 bits per heavy atom. The fourth-order valence-electron chi connectivity index (χ4n) is 2.76. The van der Waals surface area contributed by atoms with Gasteiger partial charge in [0, 0.05) is 23.7 Å². The summed E-state index contributed by atoms with van der Waals surface area (Å²) in [6.45, 7) is 0. The van der Waals surface area contributed by atoms with Crippen molar-refractivity contribution in [2.45, 2.75) is 0 Å². The molecule has 4 aromatic rings. The third-order valence-electron chi connectivity index (χ3n) is 4.00. The van der Waals surface area contributed by atoms with Crippen LogP contribution in [0.5, 0.6) is 0 Å². The Balaban J connectivity index is 1.94. The first-order valence-electron chi connectivity index (χ1n) is 7.63. The van der Waals surface area contributed by atoms with Crippen LogP contribution < -0.4 is 4.90 Å². The molecule has 0 atom stereocenters. The predicted molar refractivity (Wildman–Crippen MR) is 102 cm³/mol. The quantitative estimate of drug-likeness (QED) is 0.420. The lowest BCUT2D eigenvalue weighted by molar-refractivity contribution is 0.628. The minimum absolute atomic E-state index is 0.206. The molecule has 3 nitrogen and oxygen atoms in total. The molecule has 4 rings (SSSR count). The maximum Gasteiger partial charge on any atom is 0.225 e. The van der Waals surface area contributed by atoms with Gasteiger partial charge in [-0.15, -0.1) is 11.3 Å². The number of nitrogens with zero attached hydrogens (tertiary/aromatic N) is 3. The van der Waals surface area contributed by atoms with E-state index in [1.165, 1.54) is 23.5 Å². The SMILES string of the molecule is CN(c1ccccc1)c1nc(Cl)nc2scc(-c3ccc(F)cc3)c12. The summed E-state index contributed by atoms with van der Waals surface area (Å²) in [5.41, 5.74) is 2.88. The molecular formula is C19H13ClFN3S. The van der Waals surface area contributed by atoms with Gasteiger partial charge in [0.2, 0.25) is 5.28 Å². The third-order valence-corrected chi connectivity index (χ3v) is 5.04. The van der Waals surface area contributed by atoms with Crippen LogP contribution in [0.4, 0.5) is 15.9 Å². The fraction of sp³-hybridized carbons (Fsp3) is 0.0526. The number of thiophene rings is 1. The molecule has 0 unspecified atom stereocenters. The topological polar surface area (TPSA) is 29.0 Å². The number of halogens is 2. The van der Waals surface area contributed by atoms with Gasteiger partial charge < -0.3 is 4.90 Å². The molecule has 2 aromatic carbocycles. The number of fused-ring (bicyclic) bond motifs is 1. The molecular weight excluding hydrogens is 357 g/mol. The predicted octanol–water partition coefficient (Wildman–Crippen LogP) is 5.92. The van der Waals surface area contributed by atoms with Crippen LogP contribution in [0.2, 0.25) is 5.28 Å². The number of hydrogen-bond acceptors (Lipinski definition) is 4. The zero-order valence-corrected chi connectivity index (χ0v) is 14.9. The molecule has 6 heteroatoms. The summed E-state index contributed by atoms with van der Waals surface area (Å²) in [6.07, 6.45) is 0. The molecule has 0 spiro atoms. The molecule has 0 N–H and O–H groups in total. The van der Waals surface area contributed by atoms with Crippen molar-refractivity contribution in [1.82, 2.24) is 9.97 Å². The van der Waals surface area contributed by atoms with Crippen LogP contribution in [0.1, 0.15) is 0 Å². The van der Waals surface area contributed by atoms with Gasteiger partial charge in [-0.05, 0) is 41.4 Å². The van der Waals surface area contributed by atoms with E-state index in [0.29, 0.717) is 0 Å². The van der Waals surface area contributed by atoms with Crippen molar-refractivity contribution in [1.29, 1.82) is 0 Å². The molecule has 2 aromatic heterocycles. The van der Waals surface area contributed by atoms with Gasteiger partial charge in [0.05, 0.1) is 5.39 Å². The highest BCUT2D eigenvalue weighted by Crippen LogP contribution is 2.40. The Kier molecular flexibility index (Phi) is 4.11. The first-order valence-corrected chi connectivity index (χ1v) is 8.88. The zero-order chi connectivity index (χ0) is 17.4. The van der Waals surface area contributed by atoms with Crippen LogP contribution in [-0.4, -0.2) is 17.0 Å². The first-order chi connectivity index (χ1) is 12.1. The van der Waals surface area contributed by atoms with Crippen molar-refractivity contribution < 1.29 is 4.39 Å². The second-order valence-corrected chi connectivity index (χ2v) is 6.74. The van der Waals surface area contributed by atoms with Gasteiger partial charge in [0.25, 0.3) is 0 Å². The summed E-state index contributed by atoms with van der Waals surface area (Å²) in [6, 6.07) is 16.4. The molecule has 0 saturated carbocycles. The van der Waals surface area contributed by atoms with E-state index in [0.717, 1.165) is 32.8 Å². The second-order valence-electron chi connectivity index (χ2n) is 5.55. The van der Waals surface area contributed by atoms with Crippen LogP contribution in [-0.2, 0) is 0 Å². The standard InChI is InChI=1S/C19H13ClFN3S/c1-24(14-5-3-2-4-6-14)17-16-15(12-7-9-13(21)10-8-12)11-25-18(16)23-19(20)22-17/h2-11H,1H3. The largest absolute Gasteiger partial charge is 0.329 e. The van der Waals surface area contributed by atoms with E-state index in [9.17, 15) is 4.39 Å². The highest BCUT2D eigenvalue weighted by Gasteiger charge is 2.18. The molecule has 0 aliphatic carbocycles. The number of benzene rings is 2. The monoisotopic (exact) mass is 369 g/mol. The number of para-hydroxylation sites is 1. The maximum absolute atomic E-state index is 13.3. The Morgan fingerprint density at radius 3 is 2.44 bits per heavy atom. The van der Waals surface area contributed by atoms with E-state index < -0.39 is 0 Å². The van der Waals surface area contributed by atoms with Crippen LogP contribution in [0.25, 0.3) is 21.3 Å². The summed E-state index contributed by atoms with van der Waals surface area (Å²) in [7, 11) is 1.94. The van der Waals surface area contributed by atoms with Gasteiger partial charge in [-0.3, -0.25) is 0 Å². The molecule has 0 saturated heterocycles. The van der Waals surface area contributed by atoms with E-state index in [1.807, 2.05) is 47.7 Å². The van der Waals surface area contributed by atoms with Crippen molar-refractivity contribution >= 4 is 44.7 Å². The average Bonchev–Trinajstić information content (AvgIpc) is 3.05. The molecule has 0 bridgehead atoms. The number of aromatic nitrogens is 2. The van der Waals surface area contributed by atoms with Crippen molar-refractivity contribution in [3.8, 4) is 11.1 Å². The van der Waals surface area contributed by atoms with Gasteiger partial charge in [-0.1, -0.05) is 30.3 Å². The second kappa shape index (κ2) is 6.43. The molecule has 124 valence electrons. The number of anilines is 2. The van der Waals surface area contributed by atoms with Gasteiger partial charge >= 0.3 is 0 Å². The first kappa shape index (κ1) is 16.0. The van der Waals surface area contributed by atoms with Crippen LogP contribution in [0.15, 0.2) is 60.0 Å². The van der Waals surface area contributed by atoms with Gasteiger partial charge in [-0.25, -0.2) is 9.37 Å². The highest BCUT2D eigenvalue weighted by atomic mass is 35.5. The van der Waals surface area contributed by atoms with E-state index in [1.54, 1.807) is 12.1 Å². The summed E-state index contributed by atoms with van der Waals surface area (Å²) in [5.74, 6) is 0.464. The number of hydrogen-bond donors (Lipinski definition) is 0. The summed E-state index contributed by atoms with van der Waals surface area (Å²) >= 11 is 7.64. The Morgan fingerprint density at radius 1 is 1.00 bits per heavy atom. The van der Waals surface area contributed by atoms with Crippen LogP contribution >= 0.6 is 22.9 Å². The van der Waals surface area contributed by atoms with Gasteiger partial charge in [-0.2, -0.15) is 4.98 Å². The molecule has 0 aliphatic rings. The highest BCUT2D eigenvalue weighted by molar-refractivity contribution is 7.17. The molecule has 25 heavy (non-hydrogen) atoms. The van der Waals surface area contributed by atoms with Crippen molar-refractivity contribution in [3.63, 3.8) is 0 Å². The van der Waals surface area contributed by atoms with Crippen molar-refractivity contribution in [2.75, 3.05) is 11.9 Å². The average molecular weight is 370 g/mol. The summed E-state index contributed by atoms with van der Waals surface area (Å²) in [4.78, 5) is 11.6. The lowest BCUT2D eigenvalue weighted by Crippen LogP contribution is -2.12. The third kappa shape index (κ3) is 2.97. The van der Waals surface area contributed by atoms with Gasteiger partial charge in [0.1, 0.15) is 16.5 Å². The normalized spacial score (nSPS) is 11.0. The number of rotatable bonds is 3. The molecule has 0 amide bonds. The smallest absolute Gasteiger partial charge is 0.225 e. The van der Waals surface area contributed by atoms with Crippen LogP contribution in [0, 0.1) is 5.82 Å². The van der Waals surface area contributed by atoms with E-state index >= 15 is 0 Å². The lowest BCUT2D eigenvalue weighted by Gasteiger charge is -2.20. The minimum atomic E-state index is -0.260. The minimum Gasteiger partial charge on any atom is -0.329 e. The van der Waals surface area contributed by atoms with E-state index in [4.69, 9.17) is 11.6 Å². The summed E-state index contributed by atoms with van der Waals surface area (Å²) < 4.78 is 13.3. The molecule has 2 heterocycles. The van der Waals surface area contributed by atoms with Gasteiger partial charge in [0.15, 0.2) is 0 Å². The van der Waals surface area contributed by atoms with E-state index in [-0.39, 0.29) is 11.1 Å². The fourth-order valence-corrected chi connectivity index (χ4v) is 3.91. The molecule has 0 aliphatic heterocycles. The van der Waals surface area contributed by atoms with Crippen LogP contribution in [0.3, 0.4) is 0 Å². The van der Waals surface area contributed by atoms with E-state index in [2.05, 4.69) is 9.97 Å². The summed E-state index contributed by atoms with van der Waals surface area (Å²) in [5, 5.41) is 3.12.